The highest BCUT2D eigenvalue weighted by atomic mass is 35.5. The van der Waals surface area contributed by atoms with E-state index in [1.807, 2.05) is 23.8 Å². The molecule has 0 saturated carbocycles. The van der Waals surface area contributed by atoms with Crippen LogP contribution in [0.15, 0.2) is 26.2 Å². The topological polar surface area (TPSA) is 38.7 Å². The summed E-state index contributed by atoms with van der Waals surface area (Å²) in [5.41, 5.74) is 1.03. The van der Waals surface area contributed by atoms with Gasteiger partial charge in [-0.15, -0.1) is 22.7 Å². The van der Waals surface area contributed by atoms with E-state index in [1.165, 1.54) is 11.8 Å². The summed E-state index contributed by atoms with van der Waals surface area (Å²) >= 11 is 10.6. The molecule has 0 N–H and O–H groups in total. The number of thiophene rings is 1. The number of aryl methyl sites for hydroxylation is 1. The Hall–Kier alpha value is -0.690. The lowest BCUT2D eigenvalue weighted by molar-refractivity contribution is 1.10. The van der Waals surface area contributed by atoms with Crippen LogP contribution in [0, 0.1) is 6.92 Å². The molecule has 0 aromatic carbocycles. The van der Waals surface area contributed by atoms with Crippen molar-refractivity contribution in [2.75, 3.05) is 0 Å². The van der Waals surface area contributed by atoms with Gasteiger partial charge in [0.1, 0.15) is 9.86 Å². The zero-order valence-corrected chi connectivity index (χ0v) is 11.9. The van der Waals surface area contributed by atoms with Crippen molar-refractivity contribution in [3.8, 4) is 0 Å². The second-order valence-electron chi connectivity index (χ2n) is 3.29. The van der Waals surface area contributed by atoms with Crippen molar-refractivity contribution in [2.45, 2.75) is 16.3 Å². The summed E-state index contributed by atoms with van der Waals surface area (Å²) in [6.45, 7) is 1.98. The fourth-order valence-electron chi connectivity index (χ4n) is 1.34. The molecule has 0 atom stereocenters. The fourth-order valence-corrected chi connectivity index (χ4v) is 4.30. The lowest BCUT2D eigenvalue weighted by atomic mass is 10.4. The summed E-state index contributed by atoms with van der Waals surface area (Å²) < 4.78 is 0.977. The normalized spacial score (nSPS) is 11.2. The summed E-state index contributed by atoms with van der Waals surface area (Å²) in [6, 6.07) is 2.01. The van der Waals surface area contributed by atoms with E-state index in [2.05, 4.69) is 15.0 Å². The first-order valence-corrected chi connectivity index (χ1v) is 7.68. The first-order chi connectivity index (χ1) is 8.22. The molecule has 3 nitrogen and oxygen atoms in total. The molecule has 0 radical (unpaired) electrons. The average Bonchev–Trinajstić information content (AvgIpc) is 2.87. The molecule has 0 amide bonds. The van der Waals surface area contributed by atoms with Crippen LogP contribution in [0.5, 0.6) is 0 Å². The van der Waals surface area contributed by atoms with E-state index in [9.17, 15) is 0 Å². The monoisotopic (exact) mass is 299 g/mol. The van der Waals surface area contributed by atoms with Gasteiger partial charge in [0.25, 0.3) is 0 Å². The van der Waals surface area contributed by atoms with Gasteiger partial charge in [-0.3, -0.25) is 0 Å². The number of thiazole rings is 1. The Morgan fingerprint density at radius 2 is 2.12 bits per heavy atom. The van der Waals surface area contributed by atoms with Crippen LogP contribution in [0.2, 0.25) is 5.28 Å². The zero-order chi connectivity index (χ0) is 11.8. The van der Waals surface area contributed by atoms with Gasteiger partial charge in [0.15, 0.2) is 4.34 Å². The Morgan fingerprint density at radius 3 is 2.88 bits per heavy atom. The van der Waals surface area contributed by atoms with Crippen molar-refractivity contribution in [1.82, 2.24) is 15.0 Å². The third-order valence-electron chi connectivity index (χ3n) is 2.04. The van der Waals surface area contributed by atoms with Gasteiger partial charge in [-0.1, -0.05) is 0 Å². The van der Waals surface area contributed by atoms with Crippen molar-refractivity contribution in [2.24, 2.45) is 0 Å². The van der Waals surface area contributed by atoms with Crippen LogP contribution in [0.3, 0.4) is 0 Å². The average molecular weight is 300 g/mol. The third kappa shape index (κ3) is 2.30. The maximum Gasteiger partial charge on any atom is 0.224 e. The molecule has 86 valence electrons. The number of hydrogen-bond donors (Lipinski definition) is 0. The second-order valence-corrected chi connectivity index (χ2v) is 6.62. The first kappa shape index (κ1) is 11.4. The van der Waals surface area contributed by atoms with E-state index in [-0.39, 0.29) is 5.28 Å². The summed E-state index contributed by atoms with van der Waals surface area (Å²) in [4.78, 5) is 13.8. The van der Waals surface area contributed by atoms with Crippen molar-refractivity contribution < 1.29 is 0 Å². The SMILES string of the molecule is Cc1csc(Sc2nc(Cl)nc3sccc23)n1. The van der Waals surface area contributed by atoms with Crippen molar-refractivity contribution >= 4 is 56.3 Å². The number of nitrogens with zero attached hydrogens (tertiary/aromatic N) is 3. The fraction of sp³-hybridized carbons (Fsp3) is 0.100. The molecule has 3 rings (SSSR count). The maximum absolute atomic E-state index is 5.91. The summed E-state index contributed by atoms with van der Waals surface area (Å²) in [5, 5.41) is 6.21. The van der Waals surface area contributed by atoms with Crippen LogP contribution in [0.4, 0.5) is 0 Å². The molecule has 17 heavy (non-hydrogen) atoms. The van der Waals surface area contributed by atoms with Crippen LogP contribution in [-0.4, -0.2) is 15.0 Å². The van der Waals surface area contributed by atoms with Gasteiger partial charge >= 0.3 is 0 Å². The van der Waals surface area contributed by atoms with Gasteiger partial charge in [-0.05, 0) is 41.7 Å². The molecule has 3 aromatic rings. The molecule has 0 unspecified atom stereocenters. The molecule has 0 saturated heterocycles. The Morgan fingerprint density at radius 1 is 1.24 bits per heavy atom. The lowest BCUT2D eigenvalue weighted by Gasteiger charge is -1.99. The molecule has 0 aliphatic heterocycles. The zero-order valence-electron chi connectivity index (χ0n) is 8.68. The Balaban J connectivity index is 2.07. The largest absolute Gasteiger partial charge is 0.235 e. The number of halogens is 1. The number of rotatable bonds is 2. The Kier molecular flexibility index (Phi) is 3.04. The van der Waals surface area contributed by atoms with Gasteiger partial charge < -0.3 is 0 Å². The Labute approximate surface area is 115 Å². The van der Waals surface area contributed by atoms with Crippen LogP contribution in [0.1, 0.15) is 5.69 Å². The quantitative estimate of drug-likeness (QED) is 0.523. The predicted octanol–water partition coefficient (Wildman–Crippen LogP) is 4.26. The highest BCUT2D eigenvalue weighted by Gasteiger charge is 2.11. The molecule has 0 fully saturated rings. The van der Waals surface area contributed by atoms with E-state index in [4.69, 9.17) is 11.6 Å². The third-order valence-corrected chi connectivity index (χ3v) is 5.08. The van der Waals surface area contributed by atoms with Gasteiger partial charge in [0.05, 0.1) is 0 Å². The molecule has 0 bridgehead atoms. The minimum atomic E-state index is 0.288. The van der Waals surface area contributed by atoms with Crippen molar-refractivity contribution in [3.05, 3.63) is 27.8 Å². The van der Waals surface area contributed by atoms with Gasteiger partial charge in [-0.25, -0.2) is 15.0 Å². The molecule has 3 aromatic heterocycles. The van der Waals surface area contributed by atoms with E-state index in [0.29, 0.717) is 0 Å². The molecule has 3 heterocycles. The maximum atomic E-state index is 5.91. The predicted molar refractivity (Wildman–Crippen MR) is 73.4 cm³/mol. The first-order valence-electron chi connectivity index (χ1n) is 4.73. The number of aromatic nitrogens is 3. The van der Waals surface area contributed by atoms with Crippen LogP contribution in [0.25, 0.3) is 10.2 Å². The smallest absolute Gasteiger partial charge is 0.224 e. The van der Waals surface area contributed by atoms with Gasteiger partial charge in [-0.2, -0.15) is 0 Å². The highest BCUT2D eigenvalue weighted by molar-refractivity contribution is 8.01. The van der Waals surface area contributed by atoms with Crippen molar-refractivity contribution in [3.63, 3.8) is 0 Å². The number of hydrogen-bond acceptors (Lipinski definition) is 6. The molecule has 0 spiro atoms. The van der Waals surface area contributed by atoms with E-state index >= 15 is 0 Å². The van der Waals surface area contributed by atoms with Crippen LogP contribution in [-0.2, 0) is 0 Å². The summed E-state index contributed by atoms with van der Waals surface area (Å²) in [6.07, 6.45) is 0. The van der Waals surface area contributed by atoms with Crippen molar-refractivity contribution in [1.29, 1.82) is 0 Å². The highest BCUT2D eigenvalue weighted by Crippen LogP contribution is 2.35. The molecular formula is C10H6ClN3S3. The van der Waals surface area contributed by atoms with E-state index in [1.54, 1.807) is 22.7 Å². The summed E-state index contributed by atoms with van der Waals surface area (Å²) in [7, 11) is 0. The standard InChI is InChI=1S/C10H6ClN3S3/c1-5-4-16-10(12-5)17-8-6-2-3-15-7(6)13-9(11)14-8/h2-4H,1H3. The second kappa shape index (κ2) is 4.53. The van der Waals surface area contributed by atoms with Gasteiger partial charge in [0.2, 0.25) is 5.28 Å². The lowest BCUT2D eigenvalue weighted by Crippen LogP contribution is -1.86. The number of fused-ring (bicyclic) bond motifs is 1. The minimum absolute atomic E-state index is 0.288. The van der Waals surface area contributed by atoms with Gasteiger partial charge in [0, 0.05) is 16.5 Å². The van der Waals surface area contributed by atoms with E-state index < -0.39 is 0 Å². The molecule has 0 aliphatic rings. The molecule has 0 aliphatic carbocycles. The minimum Gasteiger partial charge on any atom is -0.235 e. The Bertz CT molecular complexity index is 676. The molecular weight excluding hydrogens is 294 g/mol. The molecule has 7 heteroatoms. The summed E-state index contributed by atoms with van der Waals surface area (Å²) in [5.74, 6) is 0. The van der Waals surface area contributed by atoms with Crippen LogP contribution >= 0.6 is 46.0 Å². The van der Waals surface area contributed by atoms with Crippen LogP contribution < -0.4 is 0 Å². The van der Waals surface area contributed by atoms with E-state index in [0.717, 1.165) is 25.3 Å².